The molecule has 2 aromatic rings. The Kier molecular flexibility index (Phi) is 7.98. The third kappa shape index (κ3) is 5.34. The second kappa shape index (κ2) is 10.9. The minimum Gasteiger partial charge on any atom is -0.494 e. The van der Waals surface area contributed by atoms with Gasteiger partial charge in [0.2, 0.25) is 0 Å². The first-order valence-corrected chi connectivity index (χ1v) is 11.3. The first kappa shape index (κ1) is 23.5. The van der Waals surface area contributed by atoms with Crippen LogP contribution in [0.1, 0.15) is 32.4 Å². The summed E-state index contributed by atoms with van der Waals surface area (Å²) in [6, 6.07) is 4.13. The first-order valence-electron chi connectivity index (χ1n) is 10.3. The SMILES string of the molecule is CCOC(=O)C1=C(CSc2nncn2C)NC(=O)N[C@@H]1c1cc(OCC)ccc1OCC. The molecular weight excluding hydrogens is 434 g/mol. The molecule has 172 valence electrons. The number of nitrogens with one attached hydrogen (secondary N) is 2. The van der Waals surface area contributed by atoms with Gasteiger partial charge in [-0.05, 0) is 39.0 Å². The Morgan fingerprint density at radius 2 is 1.97 bits per heavy atom. The zero-order valence-corrected chi connectivity index (χ0v) is 19.3. The maximum absolute atomic E-state index is 13.0. The quantitative estimate of drug-likeness (QED) is 0.410. The van der Waals surface area contributed by atoms with Crippen LogP contribution in [-0.4, -0.2) is 52.3 Å². The number of aromatic nitrogens is 3. The molecule has 11 heteroatoms. The van der Waals surface area contributed by atoms with E-state index in [4.69, 9.17) is 14.2 Å². The Balaban J connectivity index is 2.07. The van der Waals surface area contributed by atoms with E-state index >= 15 is 0 Å². The summed E-state index contributed by atoms with van der Waals surface area (Å²) in [6.07, 6.45) is 1.58. The van der Waals surface area contributed by atoms with Crippen LogP contribution in [0.25, 0.3) is 0 Å². The summed E-state index contributed by atoms with van der Waals surface area (Å²) in [5.41, 5.74) is 1.35. The lowest BCUT2D eigenvalue weighted by atomic mass is 9.94. The van der Waals surface area contributed by atoms with Gasteiger partial charge in [-0.1, -0.05) is 11.8 Å². The molecule has 2 heterocycles. The van der Waals surface area contributed by atoms with Crippen molar-refractivity contribution in [3.63, 3.8) is 0 Å². The first-order chi connectivity index (χ1) is 15.5. The van der Waals surface area contributed by atoms with Gasteiger partial charge in [-0.2, -0.15) is 0 Å². The number of rotatable bonds is 10. The fourth-order valence-corrected chi connectivity index (χ4v) is 4.11. The van der Waals surface area contributed by atoms with Gasteiger partial charge in [-0.3, -0.25) is 0 Å². The van der Waals surface area contributed by atoms with Gasteiger partial charge in [0, 0.05) is 24.1 Å². The molecule has 1 aromatic heterocycles. The van der Waals surface area contributed by atoms with Gasteiger partial charge in [-0.25, -0.2) is 9.59 Å². The molecule has 0 aliphatic carbocycles. The average Bonchev–Trinajstić information content (AvgIpc) is 3.18. The highest BCUT2D eigenvalue weighted by atomic mass is 32.2. The van der Waals surface area contributed by atoms with Gasteiger partial charge in [0.15, 0.2) is 5.16 Å². The second-order valence-electron chi connectivity index (χ2n) is 6.72. The van der Waals surface area contributed by atoms with Crippen molar-refractivity contribution < 1.29 is 23.8 Å². The zero-order chi connectivity index (χ0) is 23.1. The normalized spacial score (nSPS) is 15.8. The number of aryl methyl sites for hydroxylation is 1. The highest BCUT2D eigenvalue weighted by Gasteiger charge is 2.35. The van der Waals surface area contributed by atoms with Gasteiger partial charge in [0.05, 0.1) is 31.4 Å². The van der Waals surface area contributed by atoms with Crippen molar-refractivity contribution >= 4 is 23.8 Å². The molecular formula is C21H27N5O5S. The number of urea groups is 1. The molecule has 1 atom stereocenters. The Labute approximate surface area is 190 Å². The van der Waals surface area contributed by atoms with E-state index in [9.17, 15) is 9.59 Å². The van der Waals surface area contributed by atoms with Crippen LogP contribution >= 0.6 is 11.8 Å². The molecule has 2 N–H and O–H groups in total. The summed E-state index contributed by atoms with van der Waals surface area (Å²) >= 11 is 1.35. The highest BCUT2D eigenvalue weighted by Crippen LogP contribution is 2.37. The fraction of sp³-hybridized carbons (Fsp3) is 0.429. The number of benzene rings is 1. The number of carbonyl (C=O) groups excluding carboxylic acids is 2. The van der Waals surface area contributed by atoms with Crippen LogP contribution in [0.15, 0.2) is 41.0 Å². The van der Waals surface area contributed by atoms with Gasteiger partial charge in [0.25, 0.3) is 0 Å². The molecule has 10 nitrogen and oxygen atoms in total. The minimum atomic E-state index is -0.778. The number of esters is 1. The molecule has 1 aromatic carbocycles. The molecule has 32 heavy (non-hydrogen) atoms. The predicted molar refractivity (Wildman–Crippen MR) is 119 cm³/mol. The van der Waals surface area contributed by atoms with Gasteiger partial charge in [-0.15, -0.1) is 10.2 Å². The van der Waals surface area contributed by atoms with Crippen molar-refractivity contribution in [1.82, 2.24) is 25.4 Å². The maximum Gasteiger partial charge on any atom is 0.338 e. The van der Waals surface area contributed by atoms with E-state index in [1.807, 2.05) is 20.9 Å². The molecule has 1 aliphatic rings. The number of hydrogen-bond donors (Lipinski definition) is 2. The summed E-state index contributed by atoms with van der Waals surface area (Å²) in [5.74, 6) is 0.921. The maximum atomic E-state index is 13.0. The Bertz CT molecular complexity index is 1010. The van der Waals surface area contributed by atoms with Crippen molar-refractivity contribution in [2.24, 2.45) is 7.05 Å². The molecule has 0 bridgehead atoms. The monoisotopic (exact) mass is 461 g/mol. The largest absolute Gasteiger partial charge is 0.494 e. The number of nitrogens with zero attached hydrogens (tertiary/aromatic N) is 3. The number of hydrogen-bond acceptors (Lipinski definition) is 8. The van der Waals surface area contributed by atoms with Crippen LogP contribution in [0.5, 0.6) is 11.5 Å². The molecule has 0 saturated carbocycles. The molecule has 0 saturated heterocycles. The number of ether oxygens (including phenoxy) is 3. The predicted octanol–water partition coefficient (Wildman–Crippen LogP) is 2.58. The van der Waals surface area contributed by atoms with Crippen molar-refractivity contribution in [2.75, 3.05) is 25.6 Å². The Morgan fingerprint density at radius 3 is 2.62 bits per heavy atom. The van der Waals surface area contributed by atoms with Crippen LogP contribution in [0, 0.1) is 0 Å². The summed E-state index contributed by atoms with van der Waals surface area (Å²) in [7, 11) is 1.82. The van der Waals surface area contributed by atoms with Crippen LogP contribution in [0.4, 0.5) is 4.79 Å². The zero-order valence-electron chi connectivity index (χ0n) is 18.5. The summed E-state index contributed by atoms with van der Waals surface area (Å²) < 4.78 is 18.5. The van der Waals surface area contributed by atoms with Gasteiger partial charge < -0.3 is 29.4 Å². The van der Waals surface area contributed by atoms with Crippen LogP contribution < -0.4 is 20.1 Å². The van der Waals surface area contributed by atoms with Gasteiger partial charge >= 0.3 is 12.0 Å². The van der Waals surface area contributed by atoms with Crippen LogP contribution in [0.3, 0.4) is 0 Å². The Morgan fingerprint density at radius 1 is 1.19 bits per heavy atom. The van der Waals surface area contributed by atoms with E-state index in [0.717, 1.165) is 0 Å². The summed E-state index contributed by atoms with van der Waals surface area (Å²) in [6.45, 7) is 6.58. The minimum absolute atomic E-state index is 0.198. The number of thioether (sulfide) groups is 1. The molecule has 0 spiro atoms. The van der Waals surface area contributed by atoms with Crippen molar-refractivity contribution in [2.45, 2.75) is 32.0 Å². The van der Waals surface area contributed by atoms with E-state index in [1.165, 1.54) is 11.8 Å². The number of carbonyl (C=O) groups is 2. The van der Waals surface area contributed by atoms with Crippen molar-refractivity contribution in [1.29, 1.82) is 0 Å². The van der Waals surface area contributed by atoms with Crippen molar-refractivity contribution in [3.8, 4) is 11.5 Å². The summed E-state index contributed by atoms with van der Waals surface area (Å²) in [5, 5.41) is 14.2. The van der Waals surface area contributed by atoms with Crippen LogP contribution in [0.2, 0.25) is 0 Å². The third-order valence-corrected chi connectivity index (χ3v) is 5.63. The Hall–Kier alpha value is -3.21. The smallest absolute Gasteiger partial charge is 0.338 e. The second-order valence-corrected chi connectivity index (χ2v) is 7.67. The van der Waals surface area contributed by atoms with Crippen LogP contribution in [-0.2, 0) is 16.6 Å². The molecule has 0 fully saturated rings. The lowest BCUT2D eigenvalue weighted by Crippen LogP contribution is -2.46. The molecule has 1 aliphatic heterocycles. The molecule has 0 unspecified atom stereocenters. The molecule has 2 amide bonds. The topological polar surface area (TPSA) is 117 Å². The van der Waals surface area contributed by atoms with E-state index in [2.05, 4.69) is 20.8 Å². The highest BCUT2D eigenvalue weighted by molar-refractivity contribution is 7.99. The van der Waals surface area contributed by atoms with E-state index in [1.54, 1.807) is 36.0 Å². The van der Waals surface area contributed by atoms with E-state index < -0.39 is 18.0 Å². The number of amides is 2. The molecule has 3 rings (SSSR count). The summed E-state index contributed by atoms with van der Waals surface area (Å²) in [4.78, 5) is 25.6. The fourth-order valence-electron chi connectivity index (χ4n) is 3.25. The lowest BCUT2D eigenvalue weighted by Gasteiger charge is -2.30. The molecule has 0 radical (unpaired) electrons. The van der Waals surface area contributed by atoms with Crippen molar-refractivity contribution in [3.05, 3.63) is 41.4 Å². The standard InChI is InChI=1S/C21H27N5O5S/c1-5-29-13-8-9-16(30-6-2)14(10-13)18-17(19(27)31-7-3)15(23-20(28)24-18)11-32-21-25-22-12-26(21)4/h8-10,12,18H,5-7,11H2,1-4H3,(H2,23,24,28)/t18-/m1/s1. The van der Waals surface area contributed by atoms with Gasteiger partial charge in [0.1, 0.15) is 17.8 Å². The lowest BCUT2D eigenvalue weighted by molar-refractivity contribution is -0.139. The third-order valence-electron chi connectivity index (χ3n) is 4.57. The van der Waals surface area contributed by atoms with E-state index in [0.29, 0.717) is 52.5 Å². The van der Waals surface area contributed by atoms with E-state index in [-0.39, 0.29) is 6.61 Å². The average molecular weight is 462 g/mol.